The zero-order valence-corrected chi connectivity index (χ0v) is 19.5. The lowest BCUT2D eigenvalue weighted by molar-refractivity contribution is 0.0520. The maximum Gasteiger partial charge on any atom is 0.359 e. The highest BCUT2D eigenvalue weighted by atomic mass is 35.5. The number of anilines is 1. The molecule has 0 saturated carbocycles. The van der Waals surface area contributed by atoms with Crippen LogP contribution in [0.5, 0.6) is 5.75 Å². The molecule has 4 rings (SSSR count). The third kappa shape index (κ3) is 4.37. The number of hydrogen-bond donors (Lipinski definition) is 1. The fourth-order valence-electron chi connectivity index (χ4n) is 3.30. The average Bonchev–Trinajstić information content (AvgIpc) is 3.23. The molecule has 11 heteroatoms. The van der Waals surface area contributed by atoms with Gasteiger partial charge in [0.25, 0.3) is 11.5 Å². The van der Waals surface area contributed by atoms with Crippen LogP contribution in [0.15, 0.2) is 52.6 Å². The Kier molecular flexibility index (Phi) is 6.62. The second-order valence-corrected chi connectivity index (χ2v) is 8.23. The van der Waals surface area contributed by atoms with E-state index < -0.39 is 23.3 Å². The number of thiophene rings is 1. The Morgan fingerprint density at radius 1 is 1.24 bits per heavy atom. The van der Waals surface area contributed by atoms with Gasteiger partial charge in [-0.1, -0.05) is 17.7 Å². The minimum Gasteiger partial charge on any atom is -0.496 e. The highest BCUT2D eigenvalue weighted by Gasteiger charge is 2.24. The van der Waals surface area contributed by atoms with E-state index in [1.807, 2.05) is 0 Å². The highest BCUT2D eigenvalue weighted by Crippen LogP contribution is 2.32. The lowest BCUT2D eigenvalue weighted by Gasteiger charge is -2.11. The summed E-state index contributed by atoms with van der Waals surface area (Å²) in [4.78, 5) is 39.0. The van der Waals surface area contributed by atoms with Gasteiger partial charge < -0.3 is 14.8 Å². The zero-order valence-electron chi connectivity index (χ0n) is 17.9. The van der Waals surface area contributed by atoms with Crippen molar-refractivity contribution in [3.8, 4) is 11.4 Å². The van der Waals surface area contributed by atoms with Crippen molar-refractivity contribution in [3.63, 3.8) is 0 Å². The van der Waals surface area contributed by atoms with Gasteiger partial charge in [-0.2, -0.15) is 9.78 Å². The van der Waals surface area contributed by atoms with Crippen molar-refractivity contribution in [1.29, 1.82) is 0 Å². The summed E-state index contributed by atoms with van der Waals surface area (Å²) in [6.07, 6.45) is 0. The number of carbonyl (C=O) groups is 2. The van der Waals surface area contributed by atoms with Crippen LogP contribution in [-0.4, -0.2) is 35.4 Å². The molecule has 0 radical (unpaired) electrons. The lowest BCUT2D eigenvalue weighted by atomic mass is 10.1. The lowest BCUT2D eigenvalue weighted by Crippen LogP contribution is -2.25. The first-order valence-electron chi connectivity index (χ1n) is 9.96. The summed E-state index contributed by atoms with van der Waals surface area (Å²) in [5.74, 6) is -1.64. The topological polar surface area (TPSA) is 99.5 Å². The SMILES string of the molecule is CCOC(=O)c1nn(-c2cccc(F)c2)c(=O)c2c(NC(=O)c3cc(Cl)ccc3OC)scc12. The number of benzene rings is 2. The summed E-state index contributed by atoms with van der Waals surface area (Å²) in [7, 11) is 1.41. The summed E-state index contributed by atoms with van der Waals surface area (Å²) >= 11 is 7.06. The van der Waals surface area contributed by atoms with Gasteiger partial charge in [0, 0.05) is 15.8 Å². The number of esters is 1. The molecular formula is C23H17ClFN3O5S. The standard InChI is InChI=1S/C23H17ClFN3O5S/c1-3-33-23(31)19-16-11-34-21(26-20(29)15-9-12(24)7-8-17(15)32-2)18(16)22(30)28(27-19)14-6-4-5-13(25)10-14/h4-11H,3H2,1-2H3,(H,26,29). The van der Waals surface area contributed by atoms with Gasteiger partial charge >= 0.3 is 5.97 Å². The third-order valence-corrected chi connectivity index (χ3v) is 5.94. The fourth-order valence-corrected chi connectivity index (χ4v) is 4.41. The molecule has 0 aliphatic rings. The molecule has 0 atom stereocenters. The molecule has 0 aliphatic carbocycles. The van der Waals surface area contributed by atoms with Crippen molar-refractivity contribution >= 4 is 50.6 Å². The maximum absolute atomic E-state index is 13.8. The van der Waals surface area contributed by atoms with Crippen LogP contribution in [0.1, 0.15) is 27.8 Å². The number of ether oxygens (including phenoxy) is 2. The molecule has 34 heavy (non-hydrogen) atoms. The van der Waals surface area contributed by atoms with Crippen LogP contribution in [0.25, 0.3) is 16.5 Å². The van der Waals surface area contributed by atoms with E-state index >= 15 is 0 Å². The Bertz CT molecular complexity index is 1480. The molecule has 0 fully saturated rings. The van der Waals surface area contributed by atoms with Gasteiger partial charge in [0.05, 0.1) is 30.4 Å². The minimum absolute atomic E-state index is 0.0293. The van der Waals surface area contributed by atoms with Gasteiger partial charge in [0.1, 0.15) is 16.6 Å². The van der Waals surface area contributed by atoms with Crippen LogP contribution >= 0.6 is 22.9 Å². The Morgan fingerprint density at radius 3 is 2.74 bits per heavy atom. The van der Waals surface area contributed by atoms with Crippen LogP contribution in [-0.2, 0) is 4.74 Å². The number of amides is 1. The highest BCUT2D eigenvalue weighted by molar-refractivity contribution is 7.16. The normalized spacial score (nSPS) is 10.8. The molecule has 2 aromatic carbocycles. The maximum atomic E-state index is 13.8. The predicted octanol–water partition coefficient (Wildman–Crippen LogP) is 4.68. The monoisotopic (exact) mass is 501 g/mol. The quantitative estimate of drug-likeness (QED) is 0.385. The van der Waals surface area contributed by atoms with Crippen molar-refractivity contribution in [3.05, 3.63) is 80.3 Å². The number of nitrogens with zero attached hydrogens (tertiary/aromatic N) is 2. The van der Waals surface area contributed by atoms with E-state index in [-0.39, 0.29) is 45.1 Å². The van der Waals surface area contributed by atoms with Crippen molar-refractivity contribution in [2.24, 2.45) is 0 Å². The van der Waals surface area contributed by atoms with E-state index in [0.29, 0.717) is 5.02 Å². The van der Waals surface area contributed by atoms with E-state index in [1.165, 1.54) is 36.8 Å². The van der Waals surface area contributed by atoms with Gasteiger partial charge in [-0.15, -0.1) is 11.3 Å². The van der Waals surface area contributed by atoms with Crippen LogP contribution in [0.3, 0.4) is 0 Å². The van der Waals surface area contributed by atoms with E-state index in [9.17, 15) is 18.8 Å². The number of carbonyl (C=O) groups excluding carboxylic acids is 2. The molecule has 1 N–H and O–H groups in total. The summed E-state index contributed by atoms with van der Waals surface area (Å²) in [6, 6.07) is 9.76. The molecule has 1 amide bonds. The van der Waals surface area contributed by atoms with Crippen molar-refractivity contribution in [1.82, 2.24) is 9.78 Å². The first-order valence-corrected chi connectivity index (χ1v) is 11.2. The third-order valence-electron chi connectivity index (χ3n) is 4.81. The summed E-state index contributed by atoms with van der Waals surface area (Å²) in [6.45, 7) is 1.72. The molecule has 0 aliphatic heterocycles. The number of hydrogen-bond acceptors (Lipinski definition) is 7. The van der Waals surface area contributed by atoms with E-state index in [1.54, 1.807) is 19.1 Å². The van der Waals surface area contributed by atoms with Crippen LogP contribution < -0.4 is 15.6 Å². The fraction of sp³-hybridized carbons (Fsp3) is 0.130. The van der Waals surface area contributed by atoms with Crippen LogP contribution in [0.2, 0.25) is 5.02 Å². The average molecular weight is 502 g/mol. The molecule has 0 unspecified atom stereocenters. The van der Waals surface area contributed by atoms with E-state index in [0.717, 1.165) is 22.1 Å². The number of nitrogens with one attached hydrogen (secondary N) is 1. The molecule has 2 aromatic heterocycles. The van der Waals surface area contributed by atoms with Gasteiger partial charge in [-0.05, 0) is 43.3 Å². The second-order valence-electron chi connectivity index (χ2n) is 6.92. The van der Waals surface area contributed by atoms with Gasteiger partial charge in [0.15, 0.2) is 5.69 Å². The van der Waals surface area contributed by atoms with Gasteiger partial charge in [-0.25, -0.2) is 9.18 Å². The van der Waals surface area contributed by atoms with E-state index in [2.05, 4.69) is 10.4 Å². The molecular weight excluding hydrogens is 485 g/mol. The van der Waals surface area contributed by atoms with Crippen molar-refractivity contribution in [2.45, 2.75) is 6.92 Å². The van der Waals surface area contributed by atoms with Crippen LogP contribution in [0.4, 0.5) is 9.39 Å². The Morgan fingerprint density at radius 2 is 2.03 bits per heavy atom. The predicted molar refractivity (Wildman–Crippen MR) is 127 cm³/mol. The molecule has 0 bridgehead atoms. The minimum atomic E-state index is -0.759. The number of rotatable bonds is 6. The molecule has 8 nitrogen and oxygen atoms in total. The first-order chi connectivity index (χ1) is 16.3. The summed E-state index contributed by atoms with van der Waals surface area (Å²) in [5, 5.41) is 9.08. The Hall–Kier alpha value is -3.76. The van der Waals surface area contributed by atoms with E-state index in [4.69, 9.17) is 21.1 Å². The van der Waals surface area contributed by atoms with Gasteiger partial charge in [0.2, 0.25) is 0 Å². The Labute approximate surface area is 201 Å². The first kappa shape index (κ1) is 23.4. The smallest absolute Gasteiger partial charge is 0.359 e. The largest absolute Gasteiger partial charge is 0.496 e. The number of fused-ring (bicyclic) bond motifs is 1. The van der Waals surface area contributed by atoms with Crippen molar-refractivity contribution in [2.75, 3.05) is 19.0 Å². The molecule has 4 aromatic rings. The number of methoxy groups -OCH3 is 1. The molecule has 0 saturated heterocycles. The zero-order chi connectivity index (χ0) is 24.4. The summed E-state index contributed by atoms with van der Waals surface area (Å²) < 4.78 is 25.1. The van der Waals surface area contributed by atoms with Crippen LogP contribution in [0, 0.1) is 5.82 Å². The Balaban J connectivity index is 1.89. The number of aromatic nitrogens is 2. The summed E-state index contributed by atoms with van der Waals surface area (Å²) in [5.41, 5.74) is -0.528. The second kappa shape index (κ2) is 9.62. The molecule has 2 heterocycles. The molecule has 174 valence electrons. The van der Waals surface area contributed by atoms with Gasteiger partial charge in [-0.3, -0.25) is 9.59 Å². The molecule has 0 spiro atoms. The van der Waals surface area contributed by atoms with Crippen molar-refractivity contribution < 1.29 is 23.5 Å². The number of halogens is 2.